The summed E-state index contributed by atoms with van der Waals surface area (Å²) in [6, 6.07) is 9.88. The predicted molar refractivity (Wildman–Crippen MR) is 125 cm³/mol. The molecule has 0 aliphatic carbocycles. The number of allylic oxidation sites excluding steroid dienone is 7. The van der Waals surface area contributed by atoms with Crippen LogP contribution in [0.25, 0.3) is 0 Å². The van der Waals surface area contributed by atoms with Crippen LogP contribution in [0, 0.1) is 0 Å². The van der Waals surface area contributed by atoms with Gasteiger partial charge in [0.05, 0.1) is 0 Å². The van der Waals surface area contributed by atoms with Gasteiger partial charge in [-0.15, -0.1) is 0 Å². The average molecular weight is 392 g/mol. The maximum atomic E-state index is 13.0. The Morgan fingerprint density at radius 3 is 2.52 bits per heavy atom. The highest BCUT2D eigenvalue weighted by Gasteiger charge is 2.22. The topological polar surface area (TPSA) is 53.5 Å². The number of hydrogen-bond acceptors (Lipinski definition) is 3. The Morgan fingerprint density at radius 1 is 1.17 bits per heavy atom. The van der Waals surface area contributed by atoms with E-state index in [0.29, 0.717) is 5.82 Å². The highest BCUT2D eigenvalue weighted by molar-refractivity contribution is 5.86. The molecule has 1 amide bonds. The summed E-state index contributed by atoms with van der Waals surface area (Å²) in [7, 11) is 0. The summed E-state index contributed by atoms with van der Waals surface area (Å²) in [5.74, 6) is 0.376. The molecule has 0 aliphatic rings. The Morgan fingerprint density at radius 2 is 1.90 bits per heavy atom. The number of nitrogens with one attached hydrogen (secondary N) is 2. The van der Waals surface area contributed by atoms with Gasteiger partial charge in [0.15, 0.2) is 0 Å². The Hall–Kier alpha value is -2.98. The first kappa shape index (κ1) is 24.1. The van der Waals surface area contributed by atoms with E-state index in [0.717, 1.165) is 12.0 Å². The quantitative estimate of drug-likeness (QED) is 0.417. The predicted octanol–water partition coefficient (Wildman–Crippen LogP) is 4.89. The normalized spacial score (nSPS) is 15.2. The van der Waals surface area contributed by atoms with E-state index in [1.165, 1.54) is 5.56 Å². The van der Waals surface area contributed by atoms with E-state index in [4.69, 9.17) is 0 Å². The molecule has 0 aliphatic heterocycles. The fourth-order valence-corrected chi connectivity index (χ4v) is 2.69. The monoisotopic (exact) mass is 391 g/mol. The molecule has 2 N–H and O–H groups in total. The number of hydrogen-bond donors (Lipinski definition) is 2. The first-order valence-electron chi connectivity index (χ1n) is 9.90. The van der Waals surface area contributed by atoms with Crippen LogP contribution in [0.5, 0.6) is 0 Å². The SMILES string of the molecule is C=C/C=C\C=C(/C)[C@@H](NC(C)Cc1ccccc1)C(=O)NC(=C/C)/N=C\C=C/C. The molecule has 4 heteroatoms. The zero-order valence-corrected chi connectivity index (χ0v) is 17.9. The minimum Gasteiger partial charge on any atom is -0.309 e. The van der Waals surface area contributed by atoms with Crippen LogP contribution in [0.2, 0.25) is 0 Å². The lowest BCUT2D eigenvalue weighted by atomic mass is 10.0. The molecule has 2 atom stereocenters. The summed E-state index contributed by atoms with van der Waals surface area (Å²) in [6.07, 6.45) is 15.3. The Bertz CT molecular complexity index is 786. The van der Waals surface area contributed by atoms with Crippen LogP contribution in [0.3, 0.4) is 0 Å². The zero-order valence-electron chi connectivity index (χ0n) is 17.9. The second-order valence-corrected chi connectivity index (χ2v) is 6.69. The van der Waals surface area contributed by atoms with Crippen LogP contribution >= 0.6 is 0 Å². The average Bonchev–Trinajstić information content (AvgIpc) is 2.72. The molecule has 1 aromatic carbocycles. The molecule has 0 saturated carbocycles. The van der Waals surface area contributed by atoms with Gasteiger partial charge in [-0.2, -0.15) is 0 Å². The molecule has 0 spiro atoms. The van der Waals surface area contributed by atoms with Gasteiger partial charge in [-0.25, -0.2) is 4.99 Å². The lowest BCUT2D eigenvalue weighted by Crippen LogP contribution is -2.48. The Kier molecular flexibility index (Phi) is 11.7. The number of benzene rings is 1. The molecule has 0 saturated heterocycles. The number of nitrogens with zero attached hydrogens (tertiary/aromatic N) is 1. The van der Waals surface area contributed by atoms with Crippen molar-refractivity contribution in [2.75, 3.05) is 0 Å². The van der Waals surface area contributed by atoms with Crippen molar-refractivity contribution < 1.29 is 4.79 Å². The van der Waals surface area contributed by atoms with Crippen LogP contribution in [-0.4, -0.2) is 24.2 Å². The van der Waals surface area contributed by atoms with Gasteiger partial charge in [0, 0.05) is 12.3 Å². The van der Waals surface area contributed by atoms with Gasteiger partial charge >= 0.3 is 0 Å². The first-order chi connectivity index (χ1) is 14.0. The lowest BCUT2D eigenvalue weighted by Gasteiger charge is -2.24. The Balaban J connectivity index is 2.97. The summed E-state index contributed by atoms with van der Waals surface area (Å²) in [5, 5.41) is 6.36. The second kappa shape index (κ2) is 14.1. The minimum atomic E-state index is -0.477. The van der Waals surface area contributed by atoms with E-state index in [1.54, 1.807) is 18.4 Å². The molecule has 0 heterocycles. The summed E-state index contributed by atoms with van der Waals surface area (Å²) in [5.41, 5.74) is 2.14. The van der Waals surface area contributed by atoms with Crippen molar-refractivity contribution in [2.45, 2.75) is 46.2 Å². The fraction of sp³-hybridized carbons (Fsp3) is 0.280. The molecule has 1 unspecified atom stereocenters. The Labute approximate surface area is 175 Å². The summed E-state index contributed by atoms with van der Waals surface area (Å²) < 4.78 is 0. The van der Waals surface area contributed by atoms with E-state index in [1.807, 2.05) is 69.4 Å². The highest BCUT2D eigenvalue weighted by Crippen LogP contribution is 2.09. The van der Waals surface area contributed by atoms with Crippen molar-refractivity contribution in [3.05, 3.63) is 96.4 Å². The third-order valence-corrected chi connectivity index (χ3v) is 4.18. The van der Waals surface area contributed by atoms with Gasteiger partial charge < -0.3 is 5.32 Å². The first-order valence-corrected chi connectivity index (χ1v) is 9.90. The fourth-order valence-electron chi connectivity index (χ4n) is 2.69. The number of rotatable bonds is 11. The summed E-state index contributed by atoms with van der Waals surface area (Å²) in [4.78, 5) is 17.3. The van der Waals surface area contributed by atoms with Gasteiger partial charge in [-0.1, -0.05) is 67.3 Å². The van der Waals surface area contributed by atoms with Crippen molar-refractivity contribution in [1.29, 1.82) is 0 Å². The molecule has 0 fully saturated rings. The van der Waals surface area contributed by atoms with Crippen LogP contribution in [0.15, 0.2) is 95.8 Å². The van der Waals surface area contributed by atoms with Gasteiger partial charge in [-0.05, 0) is 57.4 Å². The maximum Gasteiger partial charge on any atom is 0.246 e. The molecule has 29 heavy (non-hydrogen) atoms. The van der Waals surface area contributed by atoms with Crippen molar-refractivity contribution in [3.8, 4) is 0 Å². The molecule has 0 bridgehead atoms. The lowest BCUT2D eigenvalue weighted by molar-refractivity contribution is -0.121. The van der Waals surface area contributed by atoms with Crippen molar-refractivity contribution >= 4 is 12.1 Å². The van der Waals surface area contributed by atoms with E-state index < -0.39 is 6.04 Å². The smallest absolute Gasteiger partial charge is 0.246 e. The molecular weight excluding hydrogens is 358 g/mol. The highest BCUT2D eigenvalue weighted by atomic mass is 16.2. The summed E-state index contributed by atoms with van der Waals surface area (Å²) >= 11 is 0. The van der Waals surface area contributed by atoms with Gasteiger partial charge in [-0.3, -0.25) is 10.1 Å². The number of carbonyl (C=O) groups is 1. The molecule has 4 nitrogen and oxygen atoms in total. The maximum absolute atomic E-state index is 13.0. The van der Waals surface area contributed by atoms with Gasteiger partial charge in [0.2, 0.25) is 5.91 Å². The van der Waals surface area contributed by atoms with Gasteiger partial charge in [0.1, 0.15) is 11.9 Å². The second-order valence-electron chi connectivity index (χ2n) is 6.69. The number of carbonyl (C=O) groups excluding carboxylic acids is 1. The van der Waals surface area contributed by atoms with E-state index in [-0.39, 0.29) is 11.9 Å². The van der Waals surface area contributed by atoms with E-state index >= 15 is 0 Å². The molecule has 154 valence electrons. The van der Waals surface area contributed by atoms with Crippen molar-refractivity contribution in [2.24, 2.45) is 4.99 Å². The van der Waals surface area contributed by atoms with E-state index in [9.17, 15) is 4.79 Å². The number of amides is 1. The standard InChI is InChI=1S/C25H33N3O/c1-6-9-12-15-20(4)24(25(29)28-23(8-3)26-18-10-7-2)27-21(5)19-22-16-13-11-14-17-22/h6-18,21,24,27H,1,19H2,2-5H3,(H,28,29)/b10-7-,12-9-,20-15+,23-8+,26-18-/t21?,24-/m1/s1. The zero-order chi connectivity index (χ0) is 21.5. The third kappa shape index (κ3) is 9.67. The van der Waals surface area contributed by atoms with Gasteiger partial charge in [0.25, 0.3) is 0 Å². The van der Waals surface area contributed by atoms with Crippen molar-refractivity contribution in [1.82, 2.24) is 10.6 Å². The van der Waals surface area contributed by atoms with Crippen molar-refractivity contribution in [3.63, 3.8) is 0 Å². The molecule has 0 aromatic heterocycles. The third-order valence-electron chi connectivity index (χ3n) is 4.18. The van der Waals surface area contributed by atoms with Crippen LogP contribution in [-0.2, 0) is 11.2 Å². The molecular formula is C25H33N3O. The largest absolute Gasteiger partial charge is 0.309 e. The van der Waals surface area contributed by atoms with Crippen LogP contribution in [0.1, 0.15) is 33.3 Å². The minimum absolute atomic E-state index is 0.112. The number of aliphatic imine (C=N–C) groups is 1. The molecule has 1 aromatic rings. The molecule has 0 radical (unpaired) electrons. The van der Waals surface area contributed by atoms with Crippen LogP contribution in [0.4, 0.5) is 0 Å². The van der Waals surface area contributed by atoms with E-state index in [2.05, 4.69) is 41.3 Å². The van der Waals surface area contributed by atoms with Crippen LogP contribution < -0.4 is 10.6 Å². The molecule has 1 rings (SSSR count). The summed E-state index contributed by atoms with van der Waals surface area (Å²) in [6.45, 7) is 11.5.